The van der Waals surface area contributed by atoms with Crippen molar-refractivity contribution in [2.24, 2.45) is 5.92 Å². The van der Waals surface area contributed by atoms with Crippen molar-refractivity contribution in [3.63, 3.8) is 0 Å². The smallest absolute Gasteiger partial charge is 0.310 e. The van der Waals surface area contributed by atoms with E-state index in [0.717, 1.165) is 16.6 Å². The van der Waals surface area contributed by atoms with Crippen molar-refractivity contribution in [2.75, 3.05) is 25.9 Å². The highest BCUT2D eigenvalue weighted by molar-refractivity contribution is 9.10. The number of carbonyl (C=O) groups excluding carboxylic acids is 1. The summed E-state index contributed by atoms with van der Waals surface area (Å²) in [6.07, 6.45) is 0. The van der Waals surface area contributed by atoms with Crippen molar-refractivity contribution < 1.29 is 9.53 Å². The van der Waals surface area contributed by atoms with Crippen LogP contribution in [0.25, 0.3) is 0 Å². The molecule has 3 N–H and O–H groups in total. The van der Waals surface area contributed by atoms with E-state index in [1.165, 1.54) is 7.11 Å². The third kappa shape index (κ3) is 2.45. The van der Waals surface area contributed by atoms with Crippen LogP contribution in [0.5, 0.6) is 0 Å². The lowest BCUT2D eigenvalue weighted by molar-refractivity contribution is -0.145. The summed E-state index contributed by atoms with van der Waals surface area (Å²) in [5.41, 5.74) is 7.63. The molecule has 4 nitrogen and oxygen atoms in total. The molecule has 1 aliphatic rings. The van der Waals surface area contributed by atoms with Gasteiger partial charge in [-0.25, -0.2) is 0 Å². The Bertz CT molecular complexity index is 437. The fraction of sp³-hybridized carbons (Fsp3) is 0.417. The Morgan fingerprint density at radius 3 is 2.94 bits per heavy atom. The molecule has 0 radical (unpaired) electrons. The van der Waals surface area contributed by atoms with E-state index in [2.05, 4.69) is 21.2 Å². The third-order valence-corrected chi connectivity index (χ3v) is 3.89. The van der Waals surface area contributed by atoms with Crippen LogP contribution in [0.4, 0.5) is 5.69 Å². The first-order chi connectivity index (χ1) is 8.13. The van der Waals surface area contributed by atoms with E-state index >= 15 is 0 Å². The van der Waals surface area contributed by atoms with Crippen molar-refractivity contribution in [1.82, 2.24) is 5.32 Å². The Kier molecular flexibility index (Phi) is 3.69. The molecule has 0 bridgehead atoms. The van der Waals surface area contributed by atoms with Crippen molar-refractivity contribution in [3.8, 4) is 0 Å². The second-order valence-corrected chi connectivity index (χ2v) is 5.03. The molecule has 17 heavy (non-hydrogen) atoms. The normalized spacial score (nSPS) is 23.6. The quantitative estimate of drug-likeness (QED) is 0.642. The number of esters is 1. The molecule has 1 fully saturated rings. The standard InChI is InChI=1S/C12H15BrN2O2/c1-17-12(16)9-6-15-5-8(9)7-2-3-10(13)11(14)4-7/h2-4,8-9,15H,5-6,14H2,1H3/t8-,9+/m0/s1. The van der Waals surface area contributed by atoms with Gasteiger partial charge in [0.2, 0.25) is 0 Å². The van der Waals surface area contributed by atoms with Crippen LogP contribution in [-0.4, -0.2) is 26.2 Å². The number of methoxy groups -OCH3 is 1. The summed E-state index contributed by atoms with van der Waals surface area (Å²) in [6, 6.07) is 5.82. The van der Waals surface area contributed by atoms with Crippen LogP contribution in [0.15, 0.2) is 22.7 Å². The highest BCUT2D eigenvalue weighted by Gasteiger charge is 2.34. The number of hydrogen-bond donors (Lipinski definition) is 2. The molecule has 0 saturated carbocycles. The summed E-state index contributed by atoms with van der Waals surface area (Å²) in [5.74, 6) is -0.153. The van der Waals surface area contributed by atoms with Crippen LogP contribution in [0.2, 0.25) is 0 Å². The minimum Gasteiger partial charge on any atom is -0.469 e. The number of nitrogens with one attached hydrogen (secondary N) is 1. The van der Waals surface area contributed by atoms with Gasteiger partial charge in [-0.15, -0.1) is 0 Å². The van der Waals surface area contributed by atoms with E-state index in [-0.39, 0.29) is 17.8 Å². The highest BCUT2D eigenvalue weighted by Crippen LogP contribution is 2.32. The maximum absolute atomic E-state index is 11.6. The van der Waals surface area contributed by atoms with Crippen molar-refractivity contribution in [1.29, 1.82) is 0 Å². The predicted octanol–water partition coefficient (Wildman–Crippen LogP) is 1.51. The van der Waals surface area contributed by atoms with Crippen LogP contribution < -0.4 is 11.1 Å². The summed E-state index contributed by atoms with van der Waals surface area (Å²) >= 11 is 3.36. The van der Waals surface area contributed by atoms with Crippen LogP contribution in [-0.2, 0) is 9.53 Å². The van der Waals surface area contributed by atoms with Crippen molar-refractivity contribution in [2.45, 2.75) is 5.92 Å². The number of benzene rings is 1. The van der Waals surface area contributed by atoms with Gasteiger partial charge in [0, 0.05) is 29.2 Å². The molecule has 0 aliphatic carbocycles. The van der Waals surface area contributed by atoms with Gasteiger partial charge >= 0.3 is 5.97 Å². The average molecular weight is 299 g/mol. The Morgan fingerprint density at radius 2 is 2.29 bits per heavy atom. The summed E-state index contributed by atoms with van der Waals surface area (Å²) in [7, 11) is 1.42. The van der Waals surface area contributed by atoms with E-state index < -0.39 is 0 Å². The minimum absolute atomic E-state index is 0.124. The number of hydrogen-bond acceptors (Lipinski definition) is 4. The van der Waals surface area contributed by atoms with Crippen LogP contribution >= 0.6 is 15.9 Å². The Hall–Kier alpha value is -1.07. The minimum atomic E-state index is -0.165. The summed E-state index contributed by atoms with van der Waals surface area (Å²) < 4.78 is 5.70. The lowest BCUT2D eigenvalue weighted by atomic mass is 9.89. The number of carbonyl (C=O) groups is 1. The molecule has 1 aliphatic heterocycles. The zero-order chi connectivity index (χ0) is 12.4. The fourth-order valence-corrected chi connectivity index (χ4v) is 2.47. The Morgan fingerprint density at radius 1 is 1.53 bits per heavy atom. The fourth-order valence-electron chi connectivity index (χ4n) is 2.22. The molecule has 1 aromatic carbocycles. The number of anilines is 1. The molecule has 5 heteroatoms. The Labute approximate surface area is 109 Å². The van der Waals surface area contributed by atoms with E-state index in [1.807, 2.05) is 18.2 Å². The highest BCUT2D eigenvalue weighted by atomic mass is 79.9. The molecule has 2 atom stereocenters. The lowest BCUT2D eigenvalue weighted by Gasteiger charge is -2.17. The monoisotopic (exact) mass is 298 g/mol. The first kappa shape index (κ1) is 12.4. The number of halogens is 1. The second kappa shape index (κ2) is 5.06. The summed E-state index contributed by atoms with van der Waals surface area (Å²) in [5, 5.41) is 3.22. The van der Waals surface area contributed by atoms with Gasteiger partial charge in [0.05, 0.1) is 13.0 Å². The van der Waals surface area contributed by atoms with Gasteiger partial charge in [-0.1, -0.05) is 6.07 Å². The molecule has 92 valence electrons. The van der Waals surface area contributed by atoms with Gasteiger partial charge < -0.3 is 15.8 Å². The summed E-state index contributed by atoms with van der Waals surface area (Å²) in [6.45, 7) is 1.44. The zero-order valence-electron chi connectivity index (χ0n) is 9.57. The maximum atomic E-state index is 11.6. The molecule has 1 saturated heterocycles. The molecular weight excluding hydrogens is 284 g/mol. The lowest BCUT2D eigenvalue weighted by Crippen LogP contribution is -2.23. The van der Waals surface area contributed by atoms with Gasteiger partial charge in [-0.2, -0.15) is 0 Å². The van der Waals surface area contributed by atoms with Gasteiger partial charge in [0.15, 0.2) is 0 Å². The first-order valence-electron chi connectivity index (χ1n) is 5.47. The van der Waals surface area contributed by atoms with Gasteiger partial charge in [-0.05, 0) is 33.6 Å². The van der Waals surface area contributed by atoms with Crippen molar-refractivity contribution >= 4 is 27.6 Å². The van der Waals surface area contributed by atoms with Crippen molar-refractivity contribution in [3.05, 3.63) is 28.2 Å². The SMILES string of the molecule is COC(=O)[C@@H]1CNC[C@H]1c1ccc(Br)c(N)c1. The third-order valence-electron chi connectivity index (χ3n) is 3.17. The molecule has 1 aromatic rings. The molecule has 0 unspecified atom stereocenters. The van der Waals surface area contributed by atoms with Gasteiger partial charge in [-0.3, -0.25) is 4.79 Å². The van der Waals surface area contributed by atoms with E-state index in [0.29, 0.717) is 12.2 Å². The predicted molar refractivity (Wildman–Crippen MR) is 69.7 cm³/mol. The number of rotatable bonds is 2. The molecule has 0 aromatic heterocycles. The van der Waals surface area contributed by atoms with E-state index in [1.54, 1.807) is 0 Å². The maximum Gasteiger partial charge on any atom is 0.310 e. The largest absolute Gasteiger partial charge is 0.469 e. The number of nitrogens with two attached hydrogens (primary N) is 1. The molecule has 0 spiro atoms. The summed E-state index contributed by atoms with van der Waals surface area (Å²) in [4.78, 5) is 11.6. The molecule has 1 heterocycles. The number of ether oxygens (including phenoxy) is 1. The van der Waals surface area contributed by atoms with E-state index in [4.69, 9.17) is 10.5 Å². The van der Waals surface area contributed by atoms with Crippen LogP contribution in [0.1, 0.15) is 11.5 Å². The zero-order valence-corrected chi connectivity index (χ0v) is 11.2. The second-order valence-electron chi connectivity index (χ2n) is 4.18. The number of nitrogen functional groups attached to an aromatic ring is 1. The molecule has 0 amide bonds. The van der Waals surface area contributed by atoms with Crippen LogP contribution in [0.3, 0.4) is 0 Å². The topological polar surface area (TPSA) is 64.3 Å². The van der Waals surface area contributed by atoms with E-state index in [9.17, 15) is 4.79 Å². The first-order valence-corrected chi connectivity index (χ1v) is 6.26. The Balaban J connectivity index is 2.26. The molecular formula is C12H15BrN2O2. The average Bonchev–Trinajstić information content (AvgIpc) is 2.80. The molecule has 2 rings (SSSR count). The van der Waals surface area contributed by atoms with Gasteiger partial charge in [0.25, 0.3) is 0 Å². The van der Waals surface area contributed by atoms with Crippen LogP contribution in [0, 0.1) is 5.92 Å². The van der Waals surface area contributed by atoms with Gasteiger partial charge in [0.1, 0.15) is 0 Å².